The predicted octanol–water partition coefficient (Wildman–Crippen LogP) is 1.40. The van der Waals surface area contributed by atoms with E-state index in [0.29, 0.717) is 11.2 Å². The number of rotatable bonds is 4. The van der Waals surface area contributed by atoms with Crippen molar-refractivity contribution in [3.8, 4) is 0 Å². The number of hydrogen-bond acceptors (Lipinski definition) is 5. The van der Waals surface area contributed by atoms with Crippen molar-refractivity contribution in [3.05, 3.63) is 11.7 Å². The van der Waals surface area contributed by atoms with E-state index in [1.54, 1.807) is 0 Å². The standard InChI is InChI=1S/C9H15N3OS/c1-6(2)14-5-8-11-9(13-12-8)7-3-10-4-7/h6-7,10H,3-5H2,1-2H3. The van der Waals surface area contributed by atoms with Gasteiger partial charge in [0.2, 0.25) is 5.89 Å². The van der Waals surface area contributed by atoms with Gasteiger partial charge in [0.15, 0.2) is 5.82 Å². The molecule has 0 saturated carbocycles. The molecule has 0 amide bonds. The highest BCUT2D eigenvalue weighted by atomic mass is 32.2. The van der Waals surface area contributed by atoms with Crippen molar-refractivity contribution in [3.63, 3.8) is 0 Å². The van der Waals surface area contributed by atoms with Crippen LogP contribution in [0, 0.1) is 0 Å². The molecule has 0 atom stereocenters. The van der Waals surface area contributed by atoms with Crippen LogP contribution in [0.3, 0.4) is 0 Å². The zero-order valence-electron chi connectivity index (χ0n) is 8.49. The van der Waals surface area contributed by atoms with Crippen molar-refractivity contribution in [1.29, 1.82) is 0 Å². The van der Waals surface area contributed by atoms with E-state index in [4.69, 9.17) is 4.52 Å². The third-order valence-electron chi connectivity index (χ3n) is 2.16. The van der Waals surface area contributed by atoms with Gasteiger partial charge in [-0.1, -0.05) is 19.0 Å². The zero-order chi connectivity index (χ0) is 9.97. The van der Waals surface area contributed by atoms with Crippen LogP contribution >= 0.6 is 11.8 Å². The van der Waals surface area contributed by atoms with Crippen LogP contribution in [0.2, 0.25) is 0 Å². The second-order valence-corrected chi connectivity index (χ2v) is 5.33. The molecule has 1 aromatic heterocycles. The molecule has 1 saturated heterocycles. The first-order chi connectivity index (χ1) is 6.75. The van der Waals surface area contributed by atoms with Gasteiger partial charge >= 0.3 is 0 Å². The van der Waals surface area contributed by atoms with Crippen LogP contribution in [0.25, 0.3) is 0 Å². The second kappa shape index (κ2) is 4.31. The average molecular weight is 213 g/mol. The lowest BCUT2D eigenvalue weighted by Gasteiger charge is -2.22. The van der Waals surface area contributed by atoms with Crippen molar-refractivity contribution in [2.45, 2.75) is 30.8 Å². The van der Waals surface area contributed by atoms with E-state index in [1.165, 1.54) is 0 Å². The summed E-state index contributed by atoms with van der Waals surface area (Å²) in [6, 6.07) is 0. The van der Waals surface area contributed by atoms with Gasteiger partial charge in [-0.25, -0.2) is 0 Å². The van der Waals surface area contributed by atoms with Crippen molar-refractivity contribution >= 4 is 11.8 Å². The van der Waals surface area contributed by atoms with Gasteiger partial charge in [0.25, 0.3) is 0 Å². The Kier molecular flexibility index (Phi) is 3.08. The van der Waals surface area contributed by atoms with Crippen molar-refractivity contribution in [2.24, 2.45) is 0 Å². The van der Waals surface area contributed by atoms with Gasteiger partial charge in [-0.15, -0.1) is 0 Å². The highest BCUT2D eigenvalue weighted by molar-refractivity contribution is 7.99. The normalized spacial score (nSPS) is 17.4. The molecule has 1 fully saturated rings. The van der Waals surface area contributed by atoms with Gasteiger partial charge in [-0.3, -0.25) is 0 Å². The van der Waals surface area contributed by atoms with E-state index in [9.17, 15) is 0 Å². The van der Waals surface area contributed by atoms with Crippen LogP contribution in [0.15, 0.2) is 4.52 Å². The molecule has 14 heavy (non-hydrogen) atoms. The van der Waals surface area contributed by atoms with Crippen LogP contribution < -0.4 is 5.32 Å². The monoisotopic (exact) mass is 213 g/mol. The molecule has 2 rings (SSSR count). The Bertz CT molecular complexity index is 296. The fourth-order valence-electron chi connectivity index (χ4n) is 1.20. The molecule has 2 heterocycles. The maximum Gasteiger partial charge on any atom is 0.232 e. The summed E-state index contributed by atoms with van der Waals surface area (Å²) in [5.41, 5.74) is 0. The van der Waals surface area contributed by atoms with Gasteiger partial charge in [-0.05, 0) is 5.25 Å². The Balaban J connectivity index is 1.89. The first-order valence-corrected chi connectivity index (χ1v) is 5.95. The number of nitrogens with one attached hydrogen (secondary N) is 1. The number of aromatic nitrogens is 2. The molecule has 1 N–H and O–H groups in total. The molecule has 0 aromatic carbocycles. The van der Waals surface area contributed by atoms with Gasteiger partial charge in [0.05, 0.1) is 11.7 Å². The molecular formula is C9H15N3OS. The SMILES string of the molecule is CC(C)SCc1noc(C2CNC2)n1. The molecule has 0 unspecified atom stereocenters. The molecule has 0 radical (unpaired) electrons. The van der Waals surface area contributed by atoms with E-state index in [0.717, 1.165) is 30.6 Å². The lowest BCUT2D eigenvalue weighted by molar-refractivity contribution is 0.306. The van der Waals surface area contributed by atoms with E-state index < -0.39 is 0 Å². The Labute approximate surface area is 87.8 Å². The molecule has 5 heteroatoms. The third-order valence-corrected chi connectivity index (χ3v) is 3.25. The average Bonchev–Trinajstić information content (AvgIpc) is 2.46. The zero-order valence-corrected chi connectivity index (χ0v) is 9.30. The summed E-state index contributed by atoms with van der Waals surface area (Å²) in [4.78, 5) is 4.37. The van der Waals surface area contributed by atoms with Crippen LogP contribution in [-0.4, -0.2) is 28.5 Å². The Hall–Kier alpha value is -0.550. The summed E-state index contributed by atoms with van der Waals surface area (Å²) in [6.07, 6.45) is 0. The van der Waals surface area contributed by atoms with E-state index in [-0.39, 0.29) is 0 Å². The van der Waals surface area contributed by atoms with Gasteiger partial charge in [0, 0.05) is 13.1 Å². The molecule has 0 aliphatic carbocycles. The number of thioether (sulfide) groups is 1. The van der Waals surface area contributed by atoms with E-state index in [1.807, 2.05) is 11.8 Å². The topological polar surface area (TPSA) is 51.0 Å². The highest BCUT2D eigenvalue weighted by Gasteiger charge is 2.24. The molecule has 1 aromatic rings. The fraction of sp³-hybridized carbons (Fsp3) is 0.778. The molecule has 1 aliphatic heterocycles. The minimum atomic E-state index is 0.445. The quantitative estimate of drug-likeness (QED) is 0.819. The van der Waals surface area contributed by atoms with Crippen molar-refractivity contribution in [1.82, 2.24) is 15.5 Å². The summed E-state index contributed by atoms with van der Waals surface area (Å²) < 4.78 is 5.19. The molecule has 1 aliphatic rings. The van der Waals surface area contributed by atoms with Crippen LogP contribution in [0.1, 0.15) is 31.5 Å². The predicted molar refractivity (Wildman–Crippen MR) is 56.3 cm³/mol. The first-order valence-electron chi connectivity index (χ1n) is 4.90. The summed E-state index contributed by atoms with van der Waals surface area (Å²) >= 11 is 1.83. The lowest BCUT2D eigenvalue weighted by Crippen LogP contribution is -2.40. The van der Waals surface area contributed by atoms with Gasteiger partial charge in [-0.2, -0.15) is 16.7 Å². The van der Waals surface area contributed by atoms with Crippen LogP contribution in [-0.2, 0) is 5.75 Å². The highest BCUT2D eigenvalue weighted by Crippen LogP contribution is 2.20. The Morgan fingerprint density at radius 1 is 1.57 bits per heavy atom. The largest absolute Gasteiger partial charge is 0.339 e. The Morgan fingerprint density at radius 2 is 2.36 bits per heavy atom. The second-order valence-electron chi connectivity index (χ2n) is 3.76. The summed E-state index contributed by atoms with van der Waals surface area (Å²) in [5.74, 6) is 2.91. The van der Waals surface area contributed by atoms with Gasteiger partial charge < -0.3 is 9.84 Å². The number of nitrogens with zero attached hydrogens (tertiary/aromatic N) is 2. The third kappa shape index (κ3) is 2.27. The maximum atomic E-state index is 5.19. The minimum absolute atomic E-state index is 0.445. The summed E-state index contributed by atoms with van der Waals surface area (Å²) in [6.45, 7) is 6.28. The smallest absolute Gasteiger partial charge is 0.232 e. The molecule has 0 bridgehead atoms. The summed E-state index contributed by atoms with van der Waals surface area (Å²) in [7, 11) is 0. The van der Waals surface area contributed by atoms with Crippen LogP contribution in [0.4, 0.5) is 0 Å². The fourth-order valence-corrected chi connectivity index (χ4v) is 1.80. The van der Waals surface area contributed by atoms with Crippen molar-refractivity contribution < 1.29 is 4.52 Å². The lowest BCUT2D eigenvalue weighted by atomic mass is 10.0. The molecule has 78 valence electrons. The molecule has 4 nitrogen and oxygen atoms in total. The first kappa shape index (κ1) is 9.98. The minimum Gasteiger partial charge on any atom is -0.339 e. The van der Waals surface area contributed by atoms with Crippen molar-refractivity contribution in [2.75, 3.05) is 13.1 Å². The molecule has 0 spiro atoms. The van der Waals surface area contributed by atoms with E-state index in [2.05, 4.69) is 29.3 Å². The van der Waals surface area contributed by atoms with Gasteiger partial charge in [0.1, 0.15) is 0 Å². The maximum absolute atomic E-state index is 5.19. The number of hydrogen-bond donors (Lipinski definition) is 1. The Morgan fingerprint density at radius 3 is 2.93 bits per heavy atom. The summed E-state index contributed by atoms with van der Waals surface area (Å²) in [5, 5.41) is 7.76. The van der Waals surface area contributed by atoms with Crippen LogP contribution in [0.5, 0.6) is 0 Å². The van der Waals surface area contributed by atoms with E-state index >= 15 is 0 Å². The molecular weight excluding hydrogens is 198 g/mol.